The molecule has 1 saturated carbocycles. The van der Waals surface area contributed by atoms with Crippen LogP contribution in [0.25, 0.3) is 0 Å². The van der Waals surface area contributed by atoms with Gasteiger partial charge < -0.3 is 4.79 Å². The lowest BCUT2D eigenvalue weighted by Crippen LogP contribution is -2.24. The van der Waals surface area contributed by atoms with Crippen molar-refractivity contribution in [2.45, 2.75) is 44.9 Å². The van der Waals surface area contributed by atoms with Crippen LogP contribution in [-0.4, -0.2) is 6.29 Å². The molecule has 1 heteroatoms. The highest BCUT2D eigenvalue weighted by Crippen LogP contribution is 2.40. The predicted octanol–water partition coefficient (Wildman–Crippen LogP) is 3.31. The predicted molar refractivity (Wildman–Crippen MR) is 62.1 cm³/mol. The number of aldehydes is 1. The zero-order valence-electron chi connectivity index (χ0n) is 9.55. The van der Waals surface area contributed by atoms with Crippen molar-refractivity contribution < 1.29 is 4.79 Å². The molecule has 1 aromatic carbocycles. The summed E-state index contributed by atoms with van der Waals surface area (Å²) >= 11 is 0. The van der Waals surface area contributed by atoms with Gasteiger partial charge in [-0.05, 0) is 37.8 Å². The molecule has 0 heterocycles. The van der Waals surface area contributed by atoms with Crippen molar-refractivity contribution in [1.82, 2.24) is 0 Å². The molecule has 0 amide bonds. The van der Waals surface area contributed by atoms with Crippen molar-refractivity contribution in [3.63, 3.8) is 0 Å². The van der Waals surface area contributed by atoms with Gasteiger partial charge >= 0.3 is 0 Å². The Labute approximate surface area is 91.5 Å². The number of hydrogen-bond acceptors (Lipinski definition) is 1. The van der Waals surface area contributed by atoms with Crippen molar-refractivity contribution in [2.24, 2.45) is 0 Å². The van der Waals surface area contributed by atoms with Gasteiger partial charge in [0.2, 0.25) is 0 Å². The zero-order chi connectivity index (χ0) is 10.9. The summed E-state index contributed by atoms with van der Waals surface area (Å²) in [7, 11) is 0. The largest absolute Gasteiger partial charge is 0.302 e. The Morgan fingerprint density at radius 3 is 2.40 bits per heavy atom. The summed E-state index contributed by atoms with van der Waals surface area (Å²) in [5.74, 6) is 0. The Morgan fingerprint density at radius 2 is 1.87 bits per heavy atom. The Morgan fingerprint density at radius 1 is 1.20 bits per heavy atom. The molecule has 0 atom stereocenters. The Bertz CT molecular complexity index is 373. The van der Waals surface area contributed by atoms with Crippen molar-refractivity contribution in [3.05, 3.63) is 34.9 Å². The fourth-order valence-electron chi connectivity index (χ4n) is 2.83. The SMILES string of the molecule is Cc1ccc(C2(C=O)CCCC2)c(C)c1. The van der Waals surface area contributed by atoms with E-state index in [1.54, 1.807) is 0 Å². The van der Waals surface area contributed by atoms with Gasteiger partial charge in [0, 0.05) is 0 Å². The van der Waals surface area contributed by atoms with Crippen LogP contribution in [0.5, 0.6) is 0 Å². The van der Waals surface area contributed by atoms with Gasteiger partial charge in [-0.1, -0.05) is 36.6 Å². The summed E-state index contributed by atoms with van der Waals surface area (Å²) in [4.78, 5) is 11.4. The first-order chi connectivity index (χ1) is 7.18. The standard InChI is InChI=1S/C14H18O/c1-11-5-6-13(12(2)9-11)14(10-15)7-3-4-8-14/h5-6,9-10H,3-4,7-8H2,1-2H3. The van der Waals surface area contributed by atoms with E-state index in [2.05, 4.69) is 32.0 Å². The number of carbonyl (C=O) groups is 1. The normalized spacial score (nSPS) is 19.1. The molecule has 80 valence electrons. The molecular weight excluding hydrogens is 184 g/mol. The summed E-state index contributed by atoms with van der Waals surface area (Å²) in [6.07, 6.45) is 5.61. The van der Waals surface area contributed by atoms with Crippen LogP contribution in [-0.2, 0) is 10.2 Å². The first-order valence-electron chi connectivity index (χ1n) is 5.72. The highest BCUT2D eigenvalue weighted by molar-refractivity contribution is 5.70. The quantitative estimate of drug-likeness (QED) is 0.672. The maximum atomic E-state index is 11.4. The Kier molecular flexibility index (Phi) is 2.64. The third-order valence-corrected chi connectivity index (χ3v) is 3.64. The maximum Gasteiger partial charge on any atom is 0.130 e. The van der Waals surface area contributed by atoms with E-state index in [9.17, 15) is 4.79 Å². The smallest absolute Gasteiger partial charge is 0.130 e. The van der Waals surface area contributed by atoms with E-state index >= 15 is 0 Å². The van der Waals surface area contributed by atoms with Crippen LogP contribution < -0.4 is 0 Å². The van der Waals surface area contributed by atoms with Gasteiger partial charge in [0.15, 0.2) is 0 Å². The Hall–Kier alpha value is -1.11. The minimum atomic E-state index is -0.169. The second-order valence-corrected chi connectivity index (χ2v) is 4.80. The van der Waals surface area contributed by atoms with E-state index in [0.29, 0.717) is 0 Å². The number of aryl methyl sites for hydroxylation is 2. The molecule has 2 rings (SSSR count). The first kappa shape index (κ1) is 10.4. The average molecular weight is 202 g/mol. The minimum absolute atomic E-state index is 0.169. The van der Waals surface area contributed by atoms with Crippen LogP contribution in [0.4, 0.5) is 0 Å². The molecule has 15 heavy (non-hydrogen) atoms. The average Bonchev–Trinajstić information content (AvgIpc) is 2.67. The number of benzene rings is 1. The molecular formula is C14H18O. The van der Waals surface area contributed by atoms with E-state index < -0.39 is 0 Å². The molecule has 1 aliphatic carbocycles. The minimum Gasteiger partial charge on any atom is -0.302 e. The molecule has 1 fully saturated rings. The van der Waals surface area contributed by atoms with Crippen molar-refractivity contribution >= 4 is 6.29 Å². The number of carbonyl (C=O) groups excluding carboxylic acids is 1. The van der Waals surface area contributed by atoms with Crippen LogP contribution >= 0.6 is 0 Å². The van der Waals surface area contributed by atoms with E-state index in [4.69, 9.17) is 0 Å². The topological polar surface area (TPSA) is 17.1 Å². The monoisotopic (exact) mass is 202 g/mol. The highest BCUT2D eigenvalue weighted by atomic mass is 16.1. The summed E-state index contributed by atoms with van der Waals surface area (Å²) < 4.78 is 0. The molecule has 1 nitrogen and oxygen atoms in total. The summed E-state index contributed by atoms with van der Waals surface area (Å²) in [6, 6.07) is 6.44. The third kappa shape index (κ3) is 1.71. The fraction of sp³-hybridized carbons (Fsp3) is 0.500. The third-order valence-electron chi connectivity index (χ3n) is 3.64. The van der Waals surface area contributed by atoms with Crippen LogP contribution in [0.2, 0.25) is 0 Å². The lowest BCUT2D eigenvalue weighted by molar-refractivity contribution is -0.112. The molecule has 0 N–H and O–H groups in total. The van der Waals surface area contributed by atoms with Gasteiger partial charge in [0.05, 0.1) is 5.41 Å². The molecule has 0 unspecified atom stereocenters. The molecule has 0 radical (unpaired) electrons. The molecule has 0 aliphatic heterocycles. The van der Waals surface area contributed by atoms with Gasteiger partial charge in [0.25, 0.3) is 0 Å². The number of rotatable bonds is 2. The lowest BCUT2D eigenvalue weighted by Gasteiger charge is -2.24. The van der Waals surface area contributed by atoms with E-state index in [1.165, 1.54) is 35.8 Å². The summed E-state index contributed by atoms with van der Waals surface area (Å²) in [6.45, 7) is 4.21. The molecule has 0 aromatic heterocycles. The zero-order valence-corrected chi connectivity index (χ0v) is 9.55. The van der Waals surface area contributed by atoms with Crippen LogP contribution in [0, 0.1) is 13.8 Å². The number of hydrogen-bond donors (Lipinski definition) is 0. The van der Waals surface area contributed by atoms with E-state index in [0.717, 1.165) is 12.8 Å². The van der Waals surface area contributed by atoms with Crippen molar-refractivity contribution in [3.8, 4) is 0 Å². The van der Waals surface area contributed by atoms with Gasteiger partial charge in [0.1, 0.15) is 6.29 Å². The van der Waals surface area contributed by atoms with E-state index in [1.807, 2.05) is 0 Å². The molecule has 0 spiro atoms. The van der Waals surface area contributed by atoms with Gasteiger partial charge in [-0.25, -0.2) is 0 Å². The molecule has 1 aliphatic rings. The van der Waals surface area contributed by atoms with Crippen molar-refractivity contribution in [1.29, 1.82) is 0 Å². The van der Waals surface area contributed by atoms with Crippen LogP contribution in [0.3, 0.4) is 0 Å². The molecule has 0 saturated heterocycles. The first-order valence-corrected chi connectivity index (χ1v) is 5.72. The second-order valence-electron chi connectivity index (χ2n) is 4.80. The molecule has 1 aromatic rings. The van der Waals surface area contributed by atoms with Gasteiger partial charge in [-0.3, -0.25) is 0 Å². The second kappa shape index (κ2) is 3.80. The van der Waals surface area contributed by atoms with Gasteiger partial charge in [-0.15, -0.1) is 0 Å². The fourth-order valence-corrected chi connectivity index (χ4v) is 2.83. The van der Waals surface area contributed by atoms with E-state index in [-0.39, 0.29) is 5.41 Å². The van der Waals surface area contributed by atoms with Gasteiger partial charge in [-0.2, -0.15) is 0 Å². The lowest BCUT2D eigenvalue weighted by atomic mass is 9.78. The highest BCUT2D eigenvalue weighted by Gasteiger charge is 2.36. The summed E-state index contributed by atoms with van der Waals surface area (Å²) in [5.41, 5.74) is 3.62. The Balaban J connectivity index is 2.47. The maximum absolute atomic E-state index is 11.4. The van der Waals surface area contributed by atoms with Crippen molar-refractivity contribution in [2.75, 3.05) is 0 Å². The summed E-state index contributed by atoms with van der Waals surface area (Å²) in [5, 5.41) is 0. The molecule has 0 bridgehead atoms. The van der Waals surface area contributed by atoms with Crippen LogP contribution in [0.15, 0.2) is 18.2 Å². The van der Waals surface area contributed by atoms with Crippen LogP contribution in [0.1, 0.15) is 42.4 Å².